The number of rotatable bonds is 4. The van der Waals surface area contributed by atoms with Crippen molar-refractivity contribution in [2.75, 3.05) is 0 Å². The van der Waals surface area contributed by atoms with Gasteiger partial charge in [0.25, 0.3) is 0 Å². The van der Waals surface area contributed by atoms with E-state index < -0.39 is 0 Å². The molecular formula is C13H26N4. The molecule has 17 heavy (non-hydrogen) atoms. The highest BCUT2D eigenvalue weighted by atomic mass is 15.3. The lowest BCUT2D eigenvalue weighted by Gasteiger charge is -2.21. The predicted octanol–water partition coefficient (Wildman–Crippen LogP) is 2.60. The first-order valence-electron chi connectivity index (χ1n) is 6.29. The molecule has 0 aromatic carbocycles. The summed E-state index contributed by atoms with van der Waals surface area (Å²) in [7, 11) is 0. The number of nitrogens with one attached hydrogen (secondary N) is 1. The highest BCUT2D eigenvalue weighted by Gasteiger charge is 2.14. The van der Waals surface area contributed by atoms with Crippen molar-refractivity contribution in [3.05, 3.63) is 12.2 Å². The van der Waals surface area contributed by atoms with Gasteiger partial charge in [-0.3, -0.25) is 0 Å². The third kappa shape index (κ3) is 5.82. The van der Waals surface area contributed by atoms with Gasteiger partial charge in [0, 0.05) is 12.1 Å². The van der Waals surface area contributed by atoms with E-state index in [0.717, 1.165) is 25.3 Å². The second-order valence-electron chi connectivity index (χ2n) is 6.81. The molecule has 0 amide bonds. The van der Waals surface area contributed by atoms with Crippen LogP contribution in [0, 0.1) is 5.41 Å². The van der Waals surface area contributed by atoms with Crippen molar-refractivity contribution >= 4 is 0 Å². The van der Waals surface area contributed by atoms with E-state index in [1.54, 1.807) is 6.33 Å². The third-order valence-corrected chi connectivity index (χ3v) is 2.55. The lowest BCUT2D eigenvalue weighted by molar-refractivity contribution is 0.332. The van der Waals surface area contributed by atoms with Gasteiger partial charge in [-0.25, -0.2) is 9.67 Å². The number of aromatic nitrogens is 3. The second-order valence-corrected chi connectivity index (χ2v) is 6.81. The van der Waals surface area contributed by atoms with E-state index in [9.17, 15) is 0 Å². The van der Waals surface area contributed by atoms with Gasteiger partial charge in [-0.15, -0.1) is 0 Å². The molecule has 0 aliphatic carbocycles. The second kappa shape index (κ2) is 5.17. The van der Waals surface area contributed by atoms with Crippen molar-refractivity contribution in [1.82, 2.24) is 20.1 Å². The topological polar surface area (TPSA) is 42.7 Å². The SMILES string of the molecule is CC(C)(C)CCn1ncnc1CNC(C)(C)C. The van der Waals surface area contributed by atoms with Crippen LogP contribution in [0.15, 0.2) is 6.33 Å². The molecule has 1 N–H and O–H groups in total. The van der Waals surface area contributed by atoms with Crippen LogP contribution in [0.3, 0.4) is 0 Å². The Bertz CT molecular complexity index is 309. The van der Waals surface area contributed by atoms with Crippen molar-refractivity contribution in [3.63, 3.8) is 0 Å². The first-order valence-corrected chi connectivity index (χ1v) is 6.29. The molecule has 0 atom stereocenters. The Balaban J connectivity index is 2.54. The molecule has 0 spiro atoms. The Hall–Kier alpha value is -0.900. The van der Waals surface area contributed by atoms with Crippen LogP contribution in [0.5, 0.6) is 0 Å². The summed E-state index contributed by atoms with van der Waals surface area (Å²) >= 11 is 0. The Morgan fingerprint density at radius 3 is 2.35 bits per heavy atom. The number of hydrogen-bond acceptors (Lipinski definition) is 3. The highest BCUT2D eigenvalue weighted by molar-refractivity contribution is 4.86. The van der Waals surface area contributed by atoms with Gasteiger partial charge in [0.15, 0.2) is 0 Å². The minimum atomic E-state index is 0.112. The van der Waals surface area contributed by atoms with E-state index in [1.807, 2.05) is 4.68 Å². The zero-order valence-corrected chi connectivity index (χ0v) is 12.0. The van der Waals surface area contributed by atoms with Gasteiger partial charge < -0.3 is 5.32 Å². The average molecular weight is 238 g/mol. The number of aryl methyl sites for hydroxylation is 1. The van der Waals surface area contributed by atoms with Crippen molar-refractivity contribution in [2.45, 2.75) is 66.6 Å². The van der Waals surface area contributed by atoms with Gasteiger partial charge in [-0.05, 0) is 32.6 Å². The van der Waals surface area contributed by atoms with E-state index in [4.69, 9.17) is 0 Å². The quantitative estimate of drug-likeness (QED) is 0.876. The standard InChI is InChI=1S/C13H26N4/c1-12(2,3)7-8-17-11(14-10-16-17)9-15-13(4,5)6/h10,15H,7-9H2,1-6H3. The summed E-state index contributed by atoms with van der Waals surface area (Å²) < 4.78 is 2.00. The molecular weight excluding hydrogens is 212 g/mol. The van der Waals surface area contributed by atoms with Crippen LogP contribution in [0.4, 0.5) is 0 Å². The molecule has 0 saturated carbocycles. The summed E-state index contributed by atoms with van der Waals surface area (Å²) in [6.45, 7) is 14.9. The summed E-state index contributed by atoms with van der Waals surface area (Å²) in [5, 5.41) is 7.72. The van der Waals surface area contributed by atoms with E-state index in [0.29, 0.717) is 5.41 Å². The first kappa shape index (κ1) is 14.2. The van der Waals surface area contributed by atoms with Gasteiger partial charge >= 0.3 is 0 Å². The molecule has 4 nitrogen and oxygen atoms in total. The average Bonchev–Trinajstić information content (AvgIpc) is 2.56. The first-order chi connectivity index (χ1) is 7.67. The maximum Gasteiger partial charge on any atom is 0.140 e. The largest absolute Gasteiger partial charge is 0.305 e. The summed E-state index contributed by atoms with van der Waals surface area (Å²) in [5.74, 6) is 1.02. The van der Waals surface area contributed by atoms with Crippen molar-refractivity contribution < 1.29 is 0 Å². The van der Waals surface area contributed by atoms with E-state index in [2.05, 4.69) is 56.9 Å². The number of nitrogens with zero attached hydrogens (tertiary/aromatic N) is 3. The molecule has 0 aliphatic rings. The minimum absolute atomic E-state index is 0.112. The fourth-order valence-electron chi connectivity index (χ4n) is 1.40. The van der Waals surface area contributed by atoms with Gasteiger partial charge in [-0.1, -0.05) is 20.8 Å². The molecule has 0 fully saturated rings. The Labute approximate surface area is 105 Å². The molecule has 0 saturated heterocycles. The summed E-state index contributed by atoms with van der Waals surface area (Å²) in [5.41, 5.74) is 0.446. The molecule has 1 rings (SSSR count). The molecule has 1 heterocycles. The summed E-state index contributed by atoms with van der Waals surface area (Å²) in [6, 6.07) is 0. The number of hydrogen-bond donors (Lipinski definition) is 1. The Morgan fingerprint density at radius 1 is 1.18 bits per heavy atom. The molecule has 0 radical (unpaired) electrons. The van der Waals surface area contributed by atoms with Crippen LogP contribution in [0.25, 0.3) is 0 Å². The van der Waals surface area contributed by atoms with Gasteiger partial charge in [-0.2, -0.15) is 5.10 Å². The van der Waals surface area contributed by atoms with E-state index in [1.165, 1.54) is 0 Å². The maximum absolute atomic E-state index is 4.31. The van der Waals surface area contributed by atoms with Crippen molar-refractivity contribution in [2.24, 2.45) is 5.41 Å². The zero-order valence-electron chi connectivity index (χ0n) is 12.0. The van der Waals surface area contributed by atoms with Gasteiger partial charge in [0.2, 0.25) is 0 Å². The predicted molar refractivity (Wildman–Crippen MR) is 70.7 cm³/mol. The lowest BCUT2D eigenvalue weighted by atomic mass is 9.92. The molecule has 98 valence electrons. The highest BCUT2D eigenvalue weighted by Crippen LogP contribution is 2.19. The summed E-state index contributed by atoms with van der Waals surface area (Å²) in [4.78, 5) is 4.31. The van der Waals surface area contributed by atoms with Crippen LogP contribution in [0.2, 0.25) is 0 Å². The monoisotopic (exact) mass is 238 g/mol. The molecule has 0 bridgehead atoms. The van der Waals surface area contributed by atoms with Crippen LogP contribution < -0.4 is 5.32 Å². The molecule has 1 aromatic heterocycles. The minimum Gasteiger partial charge on any atom is -0.305 e. The summed E-state index contributed by atoms with van der Waals surface area (Å²) in [6.07, 6.45) is 2.75. The van der Waals surface area contributed by atoms with E-state index in [-0.39, 0.29) is 5.54 Å². The fourth-order valence-corrected chi connectivity index (χ4v) is 1.40. The van der Waals surface area contributed by atoms with Crippen LogP contribution in [-0.4, -0.2) is 20.3 Å². The van der Waals surface area contributed by atoms with Crippen LogP contribution in [0.1, 0.15) is 53.8 Å². The zero-order chi connectivity index (χ0) is 13.1. The van der Waals surface area contributed by atoms with Gasteiger partial charge in [0.1, 0.15) is 12.2 Å². The van der Waals surface area contributed by atoms with Crippen molar-refractivity contribution in [3.8, 4) is 0 Å². The van der Waals surface area contributed by atoms with Gasteiger partial charge in [0.05, 0.1) is 6.54 Å². The van der Waals surface area contributed by atoms with Crippen LogP contribution >= 0.6 is 0 Å². The maximum atomic E-state index is 4.31. The Morgan fingerprint density at radius 2 is 1.82 bits per heavy atom. The van der Waals surface area contributed by atoms with Crippen LogP contribution in [-0.2, 0) is 13.1 Å². The molecule has 0 unspecified atom stereocenters. The molecule has 1 aromatic rings. The molecule has 0 aliphatic heterocycles. The lowest BCUT2D eigenvalue weighted by Crippen LogP contribution is -2.36. The third-order valence-electron chi connectivity index (χ3n) is 2.55. The van der Waals surface area contributed by atoms with E-state index >= 15 is 0 Å². The van der Waals surface area contributed by atoms with Crippen molar-refractivity contribution in [1.29, 1.82) is 0 Å². The fraction of sp³-hybridized carbons (Fsp3) is 0.846. The Kier molecular flexibility index (Phi) is 4.31. The smallest absolute Gasteiger partial charge is 0.140 e. The molecule has 4 heteroatoms. The normalized spacial score (nSPS) is 13.1.